The molecule has 0 aromatic rings. The number of rotatable bonds is 3. The predicted octanol–water partition coefficient (Wildman–Crippen LogP) is 7.05. The SMILES string of the molecule is C=C(C)[C@@H]1CC[C@]2(C(=O)OC)CC[C@]3(C)[C@H](CC[C@@H]4[C@@]5(C)C=C(OC(C)=O)C(=O)C(C)(C)[C@@H]5CC[C@]43C)[C@@H]12. The monoisotopic (exact) mass is 524 g/mol. The molecule has 5 aliphatic rings. The lowest BCUT2D eigenvalue weighted by atomic mass is 9.33. The van der Waals surface area contributed by atoms with Crippen LogP contribution in [0.2, 0.25) is 0 Å². The van der Waals surface area contributed by atoms with Gasteiger partial charge in [0.25, 0.3) is 0 Å². The lowest BCUT2D eigenvalue weighted by Crippen LogP contribution is -2.66. The Morgan fingerprint density at radius 1 is 0.895 bits per heavy atom. The Labute approximate surface area is 229 Å². The van der Waals surface area contributed by atoms with Gasteiger partial charge in [-0.3, -0.25) is 14.4 Å². The molecule has 4 fully saturated rings. The normalized spacial score (nSPS) is 47.0. The first-order valence-electron chi connectivity index (χ1n) is 14.8. The van der Waals surface area contributed by atoms with E-state index in [9.17, 15) is 14.4 Å². The van der Waals surface area contributed by atoms with Gasteiger partial charge in [-0.15, -0.1) is 0 Å². The van der Waals surface area contributed by atoms with E-state index < -0.39 is 16.8 Å². The fraction of sp³-hybridized carbons (Fsp3) is 0.788. The van der Waals surface area contributed by atoms with E-state index in [0.29, 0.717) is 17.8 Å². The van der Waals surface area contributed by atoms with Gasteiger partial charge >= 0.3 is 11.9 Å². The number of carbonyl (C=O) groups excluding carboxylic acids is 3. The van der Waals surface area contributed by atoms with E-state index in [1.54, 1.807) is 7.11 Å². The zero-order valence-corrected chi connectivity index (χ0v) is 24.9. The van der Waals surface area contributed by atoms with Gasteiger partial charge in [-0.25, -0.2) is 0 Å². The maximum absolute atomic E-state index is 13.5. The maximum Gasteiger partial charge on any atom is 0.312 e. The molecule has 0 amide bonds. The molecule has 38 heavy (non-hydrogen) atoms. The van der Waals surface area contributed by atoms with Crippen molar-refractivity contribution in [1.82, 2.24) is 0 Å². The molecule has 5 rings (SSSR count). The number of carbonyl (C=O) groups is 3. The van der Waals surface area contributed by atoms with Gasteiger partial charge in [0.15, 0.2) is 5.76 Å². The maximum atomic E-state index is 13.5. The summed E-state index contributed by atoms with van der Waals surface area (Å²) < 4.78 is 11.0. The summed E-state index contributed by atoms with van der Waals surface area (Å²) in [5, 5.41) is 0. The number of hydrogen-bond acceptors (Lipinski definition) is 5. The van der Waals surface area contributed by atoms with E-state index in [4.69, 9.17) is 9.47 Å². The summed E-state index contributed by atoms with van der Waals surface area (Å²) in [6, 6.07) is 0. The van der Waals surface area contributed by atoms with Crippen LogP contribution in [-0.4, -0.2) is 24.8 Å². The van der Waals surface area contributed by atoms with Crippen molar-refractivity contribution in [2.45, 2.75) is 99.8 Å². The third-order valence-corrected chi connectivity index (χ3v) is 13.2. The van der Waals surface area contributed by atoms with Crippen molar-refractivity contribution in [2.24, 2.45) is 56.7 Å². The van der Waals surface area contributed by atoms with E-state index in [0.717, 1.165) is 51.4 Å². The van der Waals surface area contributed by atoms with Crippen LogP contribution < -0.4 is 0 Å². The first-order valence-corrected chi connectivity index (χ1v) is 14.8. The second kappa shape index (κ2) is 8.54. The zero-order valence-electron chi connectivity index (χ0n) is 24.9. The summed E-state index contributed by atoms with van der Waals surface area (Å²) in [6.07, 6.45) is 10.0. The van der Waals surface area contributed by atoms with Crippen molar-refractivity contribution in [3.8, 4) is 0 Å². The second-order valence-corrected chi connectivity index (χ2v) is 14.8. The molecule has 5 aliphatic carbocycles. The van der Waals surface area contributed by atoms with Crippen molar-refractivity contribution in [3.63, 3.8) is 0 Å². The summed E-state index contributed by atoms with van der Waals surface area (Å²) in [7, 11) is 1.55. The number of ketones is 1. The molecule has 5 nitrogen and oxygen atoms in total. The lowest BCUT2D eigenvalue weighted by molar-refractivity contribution is -0.223. The molecule has 0 N–H and O–H groups in total. The Morgan fingerprint density at radius 2 is 1.58 bits per heavy atom. The van der Waals surface area contributed by atoms with Gasteiger partial charge in [0.05, 0.1) is 12.5 Å². The van der Waals surface area contributed by atoms with Crippen LogP contribution in [0.1, 0.15) is 99.8 Å². The Kier molecular flexibility index (Phi) is 6.22. The van der Waals surface area contributed by atoms with Crippen LogP contribution in [0, 0.1) is 56.7 Å². The van der Waals surface area contributed by atoms with Crippen LogP contribution in [0.25, 0.3) is 0 Å². The van der Waals surface area contributed by atoms with Gasteiger partial charge in [-0.2, -0.15) is 0 Å². The van der Waals surface area contributed by atoms with Crippen LogP contribution in [0.4, 0.5) is 0 Å². The Hall–Kier alpha value is -1.91. The zero-order chi connectivity index (χ0) is 28.1. The molecule has 0 bridgehead atoms. The summed E-state index contributed by atoms with van der Waals surface area (Å²) in [5.74, 6) is 1.36. The van der Waals surface area contributed by atoms with Gasteiger partial charge in [-0.05, 0) is 110 Å². The molecular weight excluding hydrogens is 476 g/mol. The number of Topliss-reactive ketones (excluding diaryl/α,β-unsaturated/α-hetero) is 1. The van der Waals surface area contributed by atoms with Crippen LogP contribution in [0.5, 0.6) is 0 Å². The summed E-state index contributed by atoms with van der Waals surface area (Å²) in [5.41, 5.74) is 0.0778. The molecule has 0 saturated heterocycles. The smallest absolute Gasteiger partial charge is 0.312 e. The molecule has 0 heterocycles. The van der Waals surface area contributed by atoms with E-state index in [2.05, 4.69) is 34.3 Å². The molecule has 0 aromatic heterocycles. The van der Waals surface area contributed by atoms with Gasteiger partial charge < -0.3 is 9.47 Å². The Bertz CT molecular complexity index is 1120. The number of fused-ring (bicyclic) bond motifs is 7. The van der Waals surface area contributed by atoms with Gasteiger partial charge in [0.1, 0.15) is 0 Å². The molecule has 0 radical (unpaired) electrons. The molecule has 210 valence electrons. The van der Waals surface area contributed by atoms with Crippen molar-refractivity contribution in [2.75, 3.05) is 7.11 Å². The number of ether oxygens (including phenoxy) is 2. The van der Waals surface area contributed by atoms with Gasteiger partial charge in [-0.1, -0.05) is 46.8 Å². The molecule has 0 spiro atoms. The summed E-state index contributed by atoms with van der Waals surface area (Å²) >= 11 is 0. The van der Waals surface area contributed by atoms with Crippen molar-refractivity contribution >= 4 is 17.7 Å². The number of methoxy groups -OCH3 is 1. The molecular formula is C33H48O5. The highest BCUT2D eigenvalue weighted by atomic mass is 16.5. The first kappa shape index (κ1) is 27.6. The number of allylic oxidation sites excluding steroid dienone is 3. The highest BCUT2D eigenvalue weighted by Crippen LogP contribution is 2.77. The van der Waals surface area contributed by atoms with E-state index >= 15 is 0 Å². The largest absolute Gasteiger partial charge is 0.469 e. The van der Waals surface area contributed by atoms with E-state index in [1.165, 1.54) is 12.5 Å². The average Bonchev–Trinajstić information content (AvgIpc) is 3.23. The molecule has 0 aromatic carbocycles. The fourth-order valence-electron chi connectivity index (χ4n) is 11.4. The van der Waals surface area contributed by atoms with Crippen LogP contribution in [-0.2, 0) is 23.9 Å². The van der Waals surface area contributed by atoms with E-state index in [-0.39, 0.29) is 45.6 Å². The number of esters is 2. The van der Waals surface area contributed by atoms with Crippen molar-refractivity contribution in [3.05, 3.63) is 24.0 Å². The van der Waals surface area contributed by atoms with Crippen molar-refractivity contribution < 1.29 is 23.9 Å². The number of hydrogen-bond donors (Lipinski definition) is 0. The quantitative estimate of drug-likeness (QED) is 0.292. The average molecular weight is 525 g/mol. The van der Waals surface area contributed by atoms with Gasteiger partial charge in [0.2, 0.25) is 5.78 Å². The molecule has 0 unspecified atom stereocenters. The summed E-state index contributed by atoms with van der Waals surface area (Å²) in [4.78, 5) is 38.8. The third-order valence-electron chi connectivity index (χ3n) is 13.2. The predicted molar refractivity (Wildman–Crippen MR) is 147 cm³/mol. The Balaban J connectivity index is 1.61. The van der Waals surface area contributed by atoms with Crippen molar-refractivity contribution in [1.29, 1.82) is 0 Å². The Morgan fingerprint density at radius 3 is 2.18 bits per heavy atom. The molecule has 9 atom stereocenters. The minimum absolute atomic E-state index is 0.0160. The standard InChI is InChI=1S/C33H48O5/c1-19(2)21-12-15-33(28(36)37-9)17-16-31(7)22(26(21)33)10-11-25-30(6)18-23(38-20(3)34)27(35)29(4,5)24(30)13-14-32(25,31)8/h18,21-22,24-26H,1,10-17H2,2-9H3/t21-,22+,24-,25+,26+,30-,31+,32+,33-/m0/s1. The minimum atomic E-state index is -0.587. The van der Waals surface area contributed by atoms with Crippen LogP contribution in [0.15, 0.2) is 24.0 Å². The second-order valence-electron chi connectivity index (χ2n) is 14.8. The highest BCUT2D eigenvalue weighted by molar-refractivity contribution is 6.00. The lowest BCUT2D eigenvalue weighted by Gasteiger charge is -2.71. The first-order chi connectivity index (χ1) is 17.6. The topological polar surface area (TPSA) is 69.7 Å². The summed E-state index contributed by atoms with van der Waals surface area (Å²) in [6.45, 7) is 19.4. The van der Waals surface area contributed by atoms with E-state index in [1.807, 2.05) is 19.9 Å². The minimum Gasteiger partial charge on any atom is -0.469 e. The molecule has 5 heteroatoms. The third kappa shape index (κ3) is 3.32. The highest BCUT2D eigenvalue weighted by Gasteiger charge is 2.72. The molecule has 4 saturated carbocycles. The molecule has 0 aliphatic heterocycles. The fourth-order valence-corrected chi connectivity index (χ4v) is 11.4. The van der Waals surface area contributed by atoms with Crippen LogP contribution >= 0.6 is 0 Å². The van der Waals surface area contributed by atoms with Crippen LogP contribution in [0.3, 0.4) is 0 Å². The van der Waals surface area contributed by atoms with Gasteiger partial charge in [0, 0.05) is 12.3 Å².